The molecule has 9 nitrogen and oxygen atoms in total. The zero-order chi connectivity index (χ0) is 11.4. The summed E-state index contributed by atoms with van der Waals surface area (Å²) < 4.78 is 0. The lowest BCUT2D eigenvalue weighted by atomic mass is 9.95. The minimum absolute atomic E-state index is 0.448. The molecule has 0 heterocycles. The van der Waals surface area contributed by atoms with Crippen molar-refractivity contribution in [2.24, 2.45) is 10.2 Å². The summed E-state index contributed by atoms with van der Waals surface area (Å²) in [4.78, 5) is 27.1. The van der Waals surface area contributed by atoms with Crippen LogP contribution in [0.25, 0.3) is 20.9 Å². The van der Waals surface area contributed by atoms with Crippen LogP contribution in [0.1, 0.15) is 0 Å². The molecule has 15 heavy (non-hydrogen) atoms. The highest BCUT2D eigenvalue weighted by Gasteiger charge is 2.33. The van der Waals surface area contributed by atoms with E-state index in [1.54, 1.807) is 0 Å². The molecule has 0 spiro atoms. The third-order valence-electron chi connectivity index (χ3n) is 1.63. The van der Waals surface area contributed by atoms with Crippen molar-refractivity contribution in [3.8, 4) is 0 Å². The minimum Gasteiger partial charge on any atom is -0.300 e. The number of carbonyl (C=O) groups excluding carboxylic acids is 2. The molecule has 1 unspecified atom stereocenters. The van der Waals surface area contributed by atoms with Crippen LogP contribution in [0, 0.1) is 5.41 Å². The Bertz CT molecular complexity index is 478. The molecule has 0 aromatic carbocycles. The second-order valence-corrected chi connectivity index (χ2v) is 2.47. The first-order chi connectivity index (χ1) is 7.11. The number of nitrogens with one attached hydrogen (secondary N) is 1. The Balaban J connectivity index is 3.27. The van der Waals surface area contributed by atoms with Gasteiger partial charge in [-0.05, 0) is 11.1 Å². The van der Waals surface area contributed by atoms with Gasteiger partial charge in [-0.1, -0.05) is 10.2 Å². The maximum atomic E-state index is 11.4. The van der Waals surface area contributed by atoms with Crippen molar-refractivity contribution >= 4 is 17.3 Å². The fourth-order valence-corrected chi connectivity index (χ4v) is 0.967. The lowest BCUT2D eigenvalue weighted by Gasteiger charge is -2.14. The van der Waals surface area contributed by atoms with E-state index < -0.39 is 29.0 Å². The van der Waals surface area contributed by atoms with E-state index in [-0.39, 0.29) is 0 Å². The quantitative estimate of drug-likeness (QED) is 0.405. The normalized spacial score (nSPS) is 20.1. The lowest BCUT2D eigenvalue weighted by Crippen LogP contribution is -2.37. The molecule has 1 aliphatic carbocycles. The van der Waals surface area contributed by atoms with Crippen molar-refractivity contribution in [2.75, 3.05) is 0 Å². The summed E-state index contributed by atoms with van der Waals surface area (Å²) in [6.07, 6.45) is 0.744. The van der Waals surface area contributed by atoms with Crippen molar-refractivity contribution in [3.05, 3.63) is 32.7 Å². The smallest absolute Gasteiger partial charge is 0.200 e. The van der Waals surface area contributed by atoms with Crippen LogP contribution < -0.4 is 0 Å². The number of hydrogen-bond acceptors (Lipinski definition) is 5. The van der Waals surface area contributed by atoms with Crippen LogP contribution in [-0.4, -0.2) is 23.3 Å². The number of nitrogens with zero attached hydrogens (tertiary/aromatic N) is 6. The predicted octanol–water partition coefficient (Wildman–Crippen LogP) is 1.03. The molecule has 0 aliphatic heterocycles. The van der Waals surface area contributed by atoms with Crippen molar-refractivity contribution in [1.82, 2.24) is 0 Å². The number of carbonyl (C=O) groups is 2. The predicted molar refractivity (Wildman–Crippen MR) is 47.9 cm³/mol. The van der Waals surface area contributed by atoms with E-state index in [1.165, 1.54) is 0 Å². The number of ketones is 2. The van der Waals surface area contributed by atoms with Crippen LogP contribution in [-0.2, 0) is 9.59 Å². The molecular formula is C6H3N7O2. The molecule has 0 saturated heterocycles. The molecule has 1 N–H and O–H groups in total. The average Bonchev–Trinajstić information content (AvgIpc) is 2.21. The summed E-state index contributed by atoms with van der Waals surface area (Å²) in [7, 11) is 0. The van der Waals surface area contributed by atoms with Crippen molar-refractivity contribution in [2.45, 2.75) is 6.04 Å². The first-order valence-electron chi connectivity index (χ1n) is 3.59. The van der Waals surface area contributed by atoms with Crippen LogP contribution in [0.15, 0.2) is 22.0 Å². The Hall–Kier alpha value is -2.63. The maximum Gasteiger partial charge on any atom is 0.200 e. The topological polar surface area (TPSA) is 156 Å². The van der Waals surface area contributed by atoms with Crippen LogP contribution in [0.5, 0.6) is 0 Å². The highest BCUT2D eigenvalue weighted by atomic mass is 16.1. The molecule has 0 aromatic heterocycles. The van der Waals surface area contributed by atoms with Crippen LogP contribution in [0.3, 0.4) is 0 Å². The van der Waals surface area contributed by atoms with E-state index in [4.69, 9.17) is 16.5 Å². The van der Waals surface area contributed by atoms with Crippen molar-refractivity contribution in [3.63, 3.8) is 0 Å². The van der Waals surface area contributed by atoms with E-state index in [9.17, 15) is 9.59 Å². The fourth-order valence-electron chi connectivity index (χ4n) is 0.967. The van der Waals surface area contributed by atoms with Gasteiger partial charge in [-0.2, -0.15) is 0 Å². The second kappa shape index (κ2) is 4.05. The van der Waals surface area contributed by atoms with Crippen LogP contribution in [0.4, 0.5) is 0 Å². The summed E-state index contributed by atoms with van der Waals surface area (Å²) in [5.41, 5.74) is 15.2. The summed E-state index contributed by atoms with van der Waals surface area (Å²) in [6.45, 7) is 0. The molecule has 74 valence electrons. The second-order valence-electron chi connectivity index (χ2n) is 2.47. The Morgan fingerprint density at radius 1 is 1.33 bits per heavy atom. The number of allylic oxidation sites excluding steroid dienone is 1. The Kier molecular flexibility index (Phi) is 2.82. The standard InChI is InChI=1S/C6H3N7O2/c7-4-3(14)1-2(10-12-8)6(15)5(4)11-13-9/h1,5,7H. The van der Waals surface area contributed by atoms with Gasteiger partial charge < -0.3 is 5.41 Å². The molecule has 1 aliphatic rings. The Morgan fingerprint density at radius 3 is 2.53 bits per heavy atom. The van der Waals surface area contributed by atoms with Crippen molar-refractivity contribution in [1.29, 1.82) is 5.41 Å². The molecule has 1 rings (SSSR count). The summed E-state index contributed by atoms with van der Waals surface area (Å²) in [6, 6.07) is -1.53. The van der Waals surface area contributed by atoms with Gasteiger partial charge in [0.2, 0.25) is 5.78 Å². The minimum atomic E-state index is -1.53. The molecule has 0 amide bonds. The van der Waals surface area contributed by atoms with E-state index in [0.717, 1.165) is 6.08 Å². The van der Waals surface area contributed by atoms with Gasteiger partial charge in [0.15, 0.2) is 5.78 Å². The largest absolute Gasteiger partial charge is 0.300 e. The highest BCUT2D eigenvalue weighted by molar-refractivity contribution is 6.51. The van der Waals surface area contributed by atoms with Gasteiger partial charge in [0.05, 0.1) is 11.4 Å². The number of Topliss-reactive ketones (excluding diaryl/α,β-unsaturated/α-hetero) is 1. The van der Waals surface area contributed by atoms with Gasteiger partial charge in [-0.15, -0.1) is 0 Å². The van der Waals surface area contributed by atoms with Gasteiger partial charge in [0.1, 0.15) is 6.04 Å². The van der Waals surface area contributed by atoms with Gasteiger partial charge in [0, 0.05) is 15.9 Å². The van der Waals surface area contributed by atoms with Gasteiger partial charge in [0.25, 0.3) is 0 Å². The fraction of sp³-hybridized carbons (Fsp3) is 0.167. The van der Waals surface area contributed by atoms with Gasteiger partial charge in [-0.3, -0.25) is 9.59 Å². The van der Waals surface area contributed by atoms with E-state index in [0.29, 0.717) is 0 Å². The molecule has 0 fully saturated rings. The summed E-state index contributed by atoms with van der Waals surface area (Å²) in [5, 5.41) is 13.2. The molecule has 0 aromatic rings. The third-order valence-corrected chi connectivity index (χ3v) is 1.63. The molecule has 0 bridgehead atoms. The number of hydrogen-bond donors (Lipinski definition) is 1. The number of azide groups is 2. The first kappa shape index (κ1) is 10.5. The van der Waals surface area contributed by atoms with E-state index in [2.05, 4.69) is 20.1 Å². The lowest BCUT2D eigenvalue weighted by molar-refractivity contribution is -0.117. The molecule has 0 radical (unpaired) electrons. The van der Waals surface area contributed by atoms with E-state index in [1.807, 2.05) is 0 Å². The molecule has 0 saturated carbocycles. The number of rotatable bonds is 2. The average molecular weight is 205 g/mol. The monoisotopic (exact) mass is 205 g/mol. The Labute approximate surface area is 82.1 Å². The van der Waals surface area contributed by atoms with Gasteiger partial charge >= 0.3 is 0 Å². The molecule has 9 heteroatoms. The van der Waals surface area contributed by atoms with Gasteiger partial charge in [-0.25, -0.2) is 0 Å². The SMILES string of the molecule is [N-]=[N+]=NC1=CC(=O)C(=N)C(N=[N+]=[N-])C1=O. The van der Waals surface area contributed by atoms with Crippen LogP contribution >= 0.6 is 0 Å². The zero-order valence-corrected chi connectivity index (χ0v) is 7.15. The zero-order valence-electron chi connectivity index (χ0n) is 7.15. The third kappa shape index (κ3) is 1.83. The molecular weight excluding hydrogens is 202 g/mol. The maximum absolute atomic E-state index is 11.4. The Morgan fingerprint density at radius 2 is 2.00 bits per heavy atom. The van der Waals surface area contributed by atoms with Crippen LogP contribution in [0.2, 0.25) is 0 Å². The highest BCUT2D eigenvalue weighted by Crippen LogP contribution is 2.14. The van der Waals surface area contributed by atoms with Crippen molar-refractivity contribution < 1.29 is 9.59 Å². The summed E-state index contributed by atoms with van der Waals surface area (Å²) in [5.74, 6) is -1.66. The first-order valence-corrected chi connectivity index (χ1v) is 3.59. The summed E-state index contributed by atoms with van der Waals surface area (Å²) >= 11 is 0. The van der Waals surface area contributed by atoms with E-state index >= 15 is 0 Å². The molecule has 1 atom stereocenters.